The Balaban J connectivity index is 2.79. The third-order valence-electron chi connectivity index (χ3n) is 3.61. The van der Waals surface area contributed by atoms with Gasteiger partial charge in [-0.2, -0.15) is 0 Å². The summed E-state index contributed by atoms with van der Waals surface area (Å²) in [6, 6.07) is 8.79. The molecule has 17 heavy (non-hydrogen) atoms. The van der Waals surface area contributed by atoms with Gasteiger partial charge in [0.2, 0.25) is 0 Å². The number of nitrogens with one attached hydrogen (secondary N) is 1. The first-order chi connectivity index (χ1) is 8.05. The number of ether oxygens (including phenoxy) is 1. The van der Waals surface area contributed by atoms with Gasteiger partial charge in [-0.15, -0.1) is 0 Å². The monoisotopic (exact) mass is 299 g/mol. The van der Waals surface area contributed by atoms with Crippen molar-refractivity contribution in [2.75, 3.05) is 14.2 Å². The summed E-state index contributed by atoms with van der Waals surface area (Å²) < 4.78 is 6.78. The molecule has 0 heterocycles. The second-order valence-corrected chi connectivity index (χ2v) is 5.46. The second-order valence-electron chi connectivity index (χ2n) is 4.54. The Morgan fingerprint density at radius 2 is 1.94 bits per heavy atom. The molecule has 0 bridgehead atoms. The number of methoxy groups -OCH3 is 1. The van der Waals surface area contributed by atoms with Crippen LogP contribution in [0.2, 0.25) is 0 Å². The first-order valence-corrected chi connectivity index (χ1v) is 6.82. The maximum atomic E-state index is 5.66. The molecule has 0 aliphatic rings. The predicted molar refractivity (Wildman–Crippen MR) is 76.4 cm³/mol. The van der Waals surface area contributed by atoms with E-state index in [1.807, 2.05) is 7.05 Å². The molecule has 2 atom stereocenters. The van der Waals surface area contributed by atoms with Gasteiger partial charge in [0, 0.05) is 17.6 Å². The van der Waals surface area contributed by atoms with Crippen molar-refractivity contribution < 1.29 is 4.74 Å². The Kier molecular flexibility index (Phi) is 5.63. The number of hydrogen-bond acceptors (Lipinski definition) is 2. The lowest BCUT2D eigenvalue weighted by atomic mass is 9.88. The topological polar surface area (TPSA) is 21.3 Å². The molecular weight excluding hydrogens is 278 g/mol. The van der Waals surface area contributed by atoms with Crippen LogP contribution in [0.15, 0.2) is 28.7 Å². The summed E-state index contributed by atoms with van der Waals surface area (Å²) in [5.41, 5.74) is 1.20. The number of halogens is 1. The lowest BCUT2D eigenvalue weighted by Gasteiger charge is -2.35. The molecular formula is C14H22BrNO. The van der Waals surface area contributed by atoms with Crippen LogP contribution >= 0.6 is 15.9 Å². The largest absolute Gasteiger partial charge is 0.377 e. The molecule has 3 heteroatoms. The molecule has 0 aromatic heterocycles. The third-order valence-corrected chi connectivity index (χ3v) is 4.14. The van der Waals surface area contributed by atoms with Crippen LogP contribution in [-0.2, 0) is 11.2 Å². The number of likely N-dealkylation sites (N-methyl/N-ethyl adjacent to an activating group) is 1. The zero-order chi connectivity index (χ0) is 12.9. The van der Waals surface area contributed by atoms with Crippen LogP contribution in [-0.4, -0.2) is 25.8 Å². The summed E-state index contributed by atoms with van der Waals surface area (Å²) in [7, 11) is 3.78. The Hall–Kier alpha value is -0.380. The van der Waals surface area contributed by atoms with Crippen molar-refractivity contribution in [3.63, 3.8) is 0 Å². The second kappa shape index (κ2) is 6.53. The van der Waals surface area contributed by atoms with Crippen molar-refractivity contribution in [3.8, 4) is 0 Å². The molecule has 0 aliphatic heterocycles. The van der Waals surface area contributed by atoms with Crippen molar-refractivity contribution >= 4 is 15.9 Å². The average molecular weight is 300 g/mol. The molecule has 1 aromatic rings. The molecule has 2 nitrogen and oxygen atoms in total. The van der Waals surface area contributed by atoms with E-state index in [2.05, 4.69) is 59.4 Å². The summed E-state index contributed by atoms with van der Waals surface area (Å²) in [4.78, 5) is 0. The van der Waals surface area contributed by atoms with Crippen LogP contribution in [0.5, 0.6) is 0 Å². The third kappa shape index (κ3) is 3.80. The Bertz CT molecular complexity index is 333. The Morgan fingerprint density at radius 3 is 2.35 bits per heavy atom. The minimum atomic E-state index is -0.123. The van der Waals surface area contributed by atoms with Gasteiger partial charge in [0.15, 0.2) is 0 Å². The van der Waals surface area contributed by atoms with E-state index in [0.717, 1.165) is 17.3 Å². The number of benzene rings is 1. The van der Waals surface area contributed by atoms with Crippen LogP contribution < -0.4 is 5.32 Å². The fraction of sp³-hybridized carbons (Fsp3) is 0.571. The first-order valence-electron chi connectivity index (χ1n) is 6.02. The molecule has 96 valence electrons. The molecule has 0 saturated carbocycles. The Labute approximate surface area is 113 Å². The van der Waals surface area contributed by atoms with Gasteiger partial charge >= 0.3 is 0 Å². The smallest absolute Gasteiger partial charge is 0.0803 e. The van der Waals surface area contributed by atoms with Crippen molar-refractivity contribution in [3.05, 3.63) is 34.3 Å². The lowest BCUT2D eigenvalue weighted by Crippen LogP contribution is -2.49. The van der Waals surface area contributed by atoms with E-state index < -0.39 is 0 Å². The Morgan fingerprint density at radius 1 is 1.35 bits per heavy atom. The quantitative estimate of drug-likeness (QED) is 0.869. The minimum absolute atomic E-state index is 0.123. The van der Waals surface area contributed by atoms with Crippen molar-refractivity contribution in [1.82, 2.24) is 5.32 Å². The van der Waals surface area contributed by atoms with Gasteiger partial charge in [-0.3, -0.25) is 0 Å². The molecule has 1 aromatic carbocycles. The number of hydrogen-bond donors (Lipinski definition) is 1. The van der Waals surface area contributed by atoms with E-state index in [4.69, 9.17) is 4.74 Å². The van der Waals surface area contributed by atoms with Gasteiger partial charge in [0.25, 0.3) is 0 Å². The van der Waals surface area contributed by atoms with Gasteiger partial charge in [0.05, 0.1) is 5.60 Å². The van der Waals surface area contributed by atoms with Crippen LogP contribution in [0.25, 0.3) is 0 Å². The molecule has 2 unspecified atom stereocenters. The van der Waals surface area contributed by atoms with E-state index in [0.29, 0.717) is 6.04 Å². The number of rotatable bonds is 6. The molecule has 0 spiro atoms. The lowest BCUT2D eigenvalue weighted by molar-refractivity contribution is -0.0268. The predicted octanol–water partition coefficient (Wildman–Crippen LogP) is 3.39. The average Bonchev–Trinajstić information content (AvgIpc) is 2.37. The fourth-order valence-corrected chi connectivity index (χ4v) is 2.28. The zero-order valence-electron chi connectivity index (χ0n) is 11.1. The normalized spacial score (nSPS) is 16.5. The molecule has 1 N–H and O–H groups in total. The molecule has 0 aliphatic carbocycles. The summed E-state index contributed by atoms with van der Waals surface area (Å²) in [5.74, 6) is 0. The summed E-state index contributed by atoms with van der Waals surface area (Å²) in [5, 5.41) is 3.37. The molecule has 0 amide bonds. The van der Waals surface area contributed by atoms with E-state index >= 15 is 0 Å². The summed E-state index contributed by atoms with van der Waals surface area (Å²) in [6.45, 7) is 4.32. The van der Waals surface area contributed by atoms with Crippen molar-refractivity contribution in [2.24, 2.45) is 0 Å². The maximum Gasteiger partial charge on any atom is 0.0803 e. The highest BCUT2D eigenvalue weighted by Crippen LogP contribution is 2.22. The highest BCUT2D eigenvalue weighted by molar-refractivity contribution is 9.10. The van der Waals surface area contributed by atoms with Crippen LogP contribution in [0.3, 0.4) is 0 Å². The van der Waals surface area contributed by atoms with Crippen molar-refractivity contribution in [2.45, 2.75) is 38.3 Å². The zero-order valence-corrected chi connectivity index (χ0v) is 12.7. The van der Waals surface area contributed by atoms with Crippen LogP contribution in [0.4, 0.5) is 0 Å². The van der Waals surface area contributed by atoms with E-state index in [1.165, 1.54) is 5.56 Å². The van der Waals surface area contributed by atoms with E-state index in [-0.39, 0.29) is 5.60 Å². The van der Waals surface area contributed by atoms with Gasteiger partial charge in [0.1, 0.15) is 0 Å². The SMILES string of the molecule is CCC(C)(OC)C(Cc1ccc(Br)cc1)NC. The van der Waals surface area contributed by atoms with Gasteiger partial charge < -0.3 is 10.1 Å². The summed E-state index contributed by atoms with van der Waals surface area (Å²) >= 11 is 3.46. The maximum absolute atomic E-state index is 5.66. The highest BCUT2D eigenvalue weighted by atomic mass is 79.9. The minimum Gasteiger partial charge on any atom is -0.377 e. The molecule has 0 saturated heterocycles. The molecule has 0 fully saturated rings. The standard InChI is InChI=1S/C14H22BrNO/c1-5-14(2,17-4)13(16-3)10-11-6-8-12(15)9-7-11/h6-9,13,16H,5,10H2,1-4H3. The molecule has 1 rings (SSSR count). The van der Waals surface area contributed by atoms with Gasteiger partial charge in [-0.1, -0.05) is 35.0 Å². The summed E-state index contributed by atoms with van der Waals surface area (Å²) in [6.07, 6.45) is 1.97. The fourth-order valence-electron chi connectivity index (χ4n) is 2.01. The van der Waals surface area contributed by atoms with Crippen molar-refractivity contribution in [1.29, 1.82) is 0 Å². The van der Waals surface area contributed by atoms with E-state index in [1.54, 1.807) is 7.11 Å². The van der Waals surface area contributed by atoms with Gasteiger partial charge in [-0.05, 0) is 44.5 Å². The van der Waals surface area contributed by atoms with Gasteiger partial charge in [-0.25, -0.2) is 0 Å². The van der Waals surface area contributed by atoms with E-state index in [9.17, 15) is 0 Å². The first kappa shape index (κ1) is 14.7. The van der Waals surface area contributed by atoms with Crippen LogP contribution in [0.1, 0.15) is 25.8 Å². The highest BCUT2D eigenvalue weighted by Gasteiger charge is 2.31. The van der Waals surface area contributed by atoms with Crippen LogP contribution in [0, 0.1) is 0 Å². The molecule has 0 radical (unpaired) electrons.